The second kappa shape index (κ2) is 7.92. The van der Waals surface area contributed by atoms with E-state index in [1.54, 1.807) is 14.0 Å². The summed E-state index contributed by atoms with van der Waals surface area (Å²) in [4.78, 5) is 23.3. The van der Waals surface area contributed by atoms with Crippen LogP contribution in [-0.4, -0.2) is 54.9 Å². The van der Waals surface area contributed by atoms with Crippen molar-refractivity contribution in [2.75, 3.05) is 26.8 Å². The average Bonchev–Trinajstić information content (AvgIpc) is 2.16. The molecule has 0 fully saturated rings. The van der Waals surface area contributed by atoms with Crippen LogP contribution < -0.4 is 5.32 Å². The van der Waals surface area contributed by atoms with Gasteiger partial charge >= 0.3 is 12.0 Å². The molecule has 0 spiro atoms. The van der Waals surface area contributed by atoms with Gasteiger partial charge in [-0.15, -0.1) is 0 Å². The molecular weight excluding hydrogens is 212 g/mol. The number of carboxylic acid groups (broad SMARTS) is 1. The van der Waals surface area contributed by atoms with Crippen molar-refractivity contribution in [3.63, 3.8) is 0 Å². The Kier molecular flexibility index (Phi) is 7.28. The van der Waals surface area contributed by atoms with E-state index in [9.17, 15) is 9.59 Å². The number of amides is 2. The lowest BCUT2D eigenvalue weighted by atomic mass is 10.2. The van der Waals surface area contributed by atoms with Gasteiger partial charge in [-0.1, -0.05) is 0 Å². The molecule has 6 heteroatoms. The lowest BCUT2D eigenvalue weighted by Gasteiger charge is -2.20. The van der Waals surface area contributed by atoms with E-state index >= 15 is 0 Å². The first-order chi connectivity index (χ1) is 7.47. The number of hydrogen-bond acceptors (Lipinski definition) is 3. The number of carbonyl (C=O) groups is 2. The van der Waals surface area contributed by atoms with Crippen LogP contribution in [0.5, 0.6) is 0 Å². The van der Waals surface area contributed by atoms with Crippen molar-refractivity contribution in [2.24, 2.45) is 0 Å². The average molecular weight is 232 g/mol. The van der Waals surface area contributed by atoms with Gasteiger partial charge in [0.05, 0.1) is 13.0 Å². The number of carbonyl (C=O) groups excluding carboxylic acids is 1. The van der Waals surface area contributed by atoms with E-state index in [-0.39, 0.29) is 18.5 Å². The van der Waals surface area contributed by atoms with E-state index in [1.165, 1.54) is 4.90 Å². The molecule has 0 heterocycles. The maximum atomic E-state index is 11.5. The quantitative estimate of drug-likeness (QED) is 0.627. The molecule has 6 nitrogen and oxygen atoms in total. The topological polar surface area (TPSA) is 78.9 Å². The molecule has 0 radical (unpaired) electrons. The van der Waals surface area contributed by atoms with Gasteiger partial charge in [0.15, 0.2) is 0 Å². The van der Waals surface area contributed by atoms with Crippen molar-refractivity contribution in [1.82, 2.24) is 10.2 Å². The molecule has 0 saturated carbocycles. The number of aliphatic carboxylic acids is 1. The SMILES string of the molecule is CCOCCN(C)C(=O)NC(C)CC(=O)O. The third-order valence-corrected chi connectivity index (χ3v) is 1.97. The second-order valence-corrected chi connectivity index (χ2v) is 3.57. The summed E-state index contributed by atoms with van der Waals surface area (Å²) in [5.74, 6) is -0.926. The highest BCUT2D eigenvalue weighted by atomic mass is 16.5. The second-order valence-electron chi connectivity index (χ2n) is 3.57. The summed E-state index contributed by atoms with van der Waals surface area (Å²) in [6.45, 7) is 5.12. The Balaban J connectivity index is 3.81. The molecule has 94 valence electrons. The normalized spacial score (nSPS) is 11.9. The van der Waals surface area contributed by atoms with Crippen LogP contribution in [0, 0.1) is 0 Å². The van der Waals surface area contributed by atoms with Crippen LogP contribution in [0.3, 0.4) is 0 Å². The van der Waals surface area contributed by atoms with E-state index < -0.39 is 5.97 Å². The molecule has 0 aliphatic heterocycles. The van der Waals surface area contributed by atoms with E-state index in [2.05, 4.69) is 5.32 Å². The summed E-state index contributed by atoms with van der Waals surface area (Å²) in [5.41, 5.74) is 0. The van der Waals surface area contributed by atoms with Crippen molar-refractivity contribution < 1.29 is 19.4 Å². The molecule has 2 amide bonds. The Morgan fingerprint density at radius 1 is 1.50 bits per heavy atom. The summed E-state index contributed by atoms with van der Waals surface area (Å²) in [6, 6.07) is -0.659. The molecule has 0 aliphatic rings. The number of urea groups is 1. The summed E-state index contributed by atoms with van der Waals surface area (Å²) in [6.07, 6.45) is -0.0783. The molecule has 0 rings (SSSR count). The third-order valence-electron chi connectivity index (χ3n) is 1.97. The summed E-state index contributed by atoms with van der Waals surface area (Å²) < 4.78 is 5.11. The van der Waals surface area contributed by atoms with Crippen molar-refractivity contribution in [1.29, 1.82) is 0 Å². The first kappa shape index (κ1) is 14.7. The monoisotopic (exact) mass is 232 g/mol. The Bertz CT molecular complexity index is 233. The summed E-state index contributed by atoms with van der Waals surface area (Å²) in [5, 5.41) is 11.1. The summed E-state index contributed by atoms with van der Waals surface area (Å²) >= 11 is 0. The smallest absolute Gasteiger partial charge is 0.317 e. The van der Waals surface area contributed by atoms with Gasteiger partial charge in [0.2, 0.25) is 0 Å². The van der Waals surface area contributed by atoms with Crippen LogP contribution >= 0.6 is 0 Å². The number of nitrogens with one attached hydrogen (secondary N) is 1. The van der Waals surface area contributed by atoms with E-state index in [1.807, 2.05) is 6.92 Å². The van der Waals surface area contributed by atoms with Gasteiger partial charge in [-0.2, -0.15) is 0 Å². The molecule has 1 atom stereocenters. The minimum atomic E-state index is -0.926. The molecule has 0 bridgehead atoms. The first-order valence-corrected chi connectivity index (χ1v) is 5.28. The first-order valence-electron chi connectivity index (χ1n) is 5.28. The predicted molar refractivity (Wildman–Crippen MR) is 59.4 cm³/mol. The van der Waals surface area contributed by atoms with Crippen LogP contribution in [0.15, 0.2) is 0 Å². The van der Waals surface area contributed by atoms with Crippen molar-refractivity contribution in [3.05, 3.63) is 0 Å². The molecule has 0 aliphatic carbocycles. The fourth-order valence-electron chi connectivity index (χ4n) is 1.08. The van der Waals surface area contributed by atoms with Crippen LogP contribution in [0.4, 0.5) is 4.79 Å². The van der Waals surface area contributed by atoms with Gasteiger partial charge in [-0.05, 0) is 13.8 Å². The van der Waals surface area contributed by atoms with Gasteiger partial charge in [0.25, 0.3) is 0 Å². The van der Waals surface area contributed by atoms with Gasteiger partial charge < -0.3 is 20.1 Å². The summed E-state index contributed by atoms with van der Waals surface area (Å²) in [7, 11) is 1.64. The zero-order chi connectivity index (χ0) is 12.6. The maximum Gasteiger partial charge on any atom is 0.317 e. The molecular formula is C10H20N2O4. The van der Waals surface area contributed by atoms with Gasteiger partial charge in [0.1, 0.15) is 0 Å². The lowest BCUT2D eigenvalue weighted by molar-refractivity contribution is -0.137. The molecule has 0 aromatic carbocycles. The maximum absolute atomic E-state index is 11.5. The molecule has 0 aromatic heterocycles. The highest BCUT2D eigenvalue weighted by Gasteiger charge is 2.13. The highest BCUT2D eigenvalue weighted by Crippen LogP contribution is 1.93. The van der Waals surface area contributed by atoms with Gasteiger partial charge in [-0.3, -0.25) is 4.79 Å². The van der Waals surface area contributed by atoms with Crippen molar-refractivity contribution >= 4 is 12.0 Å². The number of carboxylic acids is 1. The van der Waals surface area contributed by atoms with Crippen LogP contribution in [-0.2, 0) is 9.53 Å². The van der Waals surface area contributed by atoms with Crippen LogP contribution in [0.1, 0.15) is 20.3 Å². The Labute approximate surface area is 95.6 Å². The molecule has 0 aromatic rings. The third kappa shape index (κ3) is 7.05. The molecule has 16 heavy (non-hydrogen) atoms. The molecule has 1 unspecified atom stereocenters. The molecule has 2 N–H and O–H groups in total. The number of rotatable bonds is 7. The van der Waals surface area contributed by atoms with Crippen molar-refractivity contribution in [3.8, 4) is 0 Å². The Morgan fingerprint density at radius 3 is 2.62 bits per heavy atom. The lowest BCUT2D eigenvalue weighted by Crippen LogP contribution is -2.43. The zero-order valence-corrected chi connectivity index (χ0v) is 10.0. The molecule has 0 saturated heterocycles. The Hall–Kier alpha value is -1.30. The number of hydrogen-bond donors (Lipinski definition) is 2. The fourth-order valence-corrected chi connectivity index (χ4v) is 1.08. The minimum Gasteiger partial charge on any atom is -0.481 e. The minimum absolute atomic E-state index is 0.0783. The number of ether oxygens (including phenoxy) is 1. The van der Waals surface area contributed by atoms with E-state index in [0.29, 0.717) is 19.8 Å². The fraction of sp³-hybridized carbons (Fsp3) is 0.800. The number of likely N-dealkylation sites (N-methyl/N-ethyl adjacent to an activating group) is 1. The Morgan fingerprint density at radius 2 is 2.12 bits per heavy atom. The largest absolute Gasteiger partial charge is 0.481 e. The van der Waals surface area contributed by atoms with E-state index in [0.717, 1.165) is 0 Å². The van der Waals surface area contributed by atoms with Crippen LogP contribution in [0.25, 0.3) is 0 Å². The number of nitrogens with zero attached hydrogens (tertiary/aromatic N) is 1. The predicted octanol–water partition coefficient (Wildman–Crippen LogP) is 0.527. The van der Waals surface area contributed by atoms with Gasteiger partial charge in [-0.25, -0.2) is 4.79 Å². The standard InChI is InChI=1S/C10H20N2O4/c1-4-16-6-5-12(3)10(15)11-8(2)7-9(13)14/h8H,4-7H2,1-3H3,(H,11,15)(H,13,14). The van der Waals surface area contributed by atoms with Gasteiger partial charge in [0, 0.05) is 26.2 Å². The van der Waals surface area contributed by atoms with E-state index in [4.69, 9.17) is 9.84 Å². The highest BCUT2D eigenvalue weighted by molar-refractivity contribution is 5.75. The zero-order valence-electron chi connectivity index (χ0n) is 10.0. The van der Waals surface area contributed by atoms with Crippen LogP contribution in [0.2, 0.25) is 0 Å². The van der Waals surface area contributed by atoms with Crippen molar-refractivity contribution in [2.45, 2.75) is 26.3 Å².